The van der Waals surface area contributed by atoms with Crippen LogP contribution in [0.15, 0.2) is 59.1 Å². The summed E-state index contributed by atoms with van der Waals surface area (Å²) in [5, 5.41) is 3.32. The number of halogens is 1. The van der Waals surface area contributed by atoms with Crippen LogP contribution >= 0.6 is 15.9 Å². The van der Waals surface area contributed by atoms with E-state index >= 15 is 0 Å². The number of hydrogen-bond acceptors (Lipinski definition) is 3. The summed E-state index contributed by atoms with van der Waals surface area (Å²) < 4.78 is 6.71. The van der Waals surface area contributed by atoms with Crippen molar-refractivity contribution in [2.24, 2.45) is 0 Å². The van der Waals surface area contributed by atoms with Crippen molar-refractivity contribution in [1.82, 2.24) is 10.2 Å². The Bertz CT molecular complexity index is 803. The van der Waals surface area contributed by atoms with Gasteiger partial charge in [0.15, 0.2) is 0 Å². The van der Waals surface area contributed by atoms with Gasteiger partial charge in [-0.25, -0.2) is 0 Å². The van der Waals surface area contributed by atoms with Gasteiger partial charge in [-0.2, -0.15) is 0 Å². The van der Waals surface area contributed by atoms with Gasteiger partial charge in [-0.05, 0) is 55.5 Å². The lowest BCUT2D eigenvalue weighted by atomic mass is 9.74. The topological polar surface area (TPSA) is 41.6 Å². The maximum atomic E-state index is 13.1. The second-order valence-corrected chi connectivity index (χ2v) is 9.15. The van der Waals surface area contributed by atoms with Crippen LogP contribution in [-0.2, 0) is 21.5 Å². The molecule has 154 valence electrons. The summed E-state index contributed by atoms with van der Waals surface area (Å²) in [5.41, 5.74) is 2.51. The molecule has 0 saturated carbocycles. The molecule has 29 heavy (non-hydrogen) atoms. The minimum atomic E-state index is -0.0442. The molecule has 0 aliphatic carbocycles. The van der Waals surface area contributed by atoms with Crippen molar-refractivity contribution in [3.8, 4) is 0 Å². The zero-order chi connectivity index (χ0) is 20.1. The number of rotatable bonds is 6. The van der Waals surface area contributed by atoms with E-state index in [2.05, 4.69) is 74.7 Å². The Kier molecular flexibility index (Phi) is 6.68. The van der Waals surface area contributed by atoms with Gasteiger partial charge in [-0.1, -0.05) is 58.4 Å². The molecular weight excluding hydrogens is 428 g/mol. The van der Waals surface area contributed by atoms with E-state index < -0.39 is 0 Å². The SMILES string of the molecule is O=C(NCC1(c2ccc(Br)cc2)CCOCC1)C1CCCN1Cc1ccccc1. The fraction of sp³-hybridized carbons (Fsp3) is 0.458. The molecule has 2 aliphatic rings. The summed E-state index contributed by atoms with van der Waals surface area (Å²) in [6.45, 7) is 3.99. The van der Waals surface area contributed by atoms with Gasteiger partial charge in [0, 0.05) is 36.2 Å². The van der Waals surface area contributed by atoms with Gasteiger partial charge in [-0.3, -0.25) is 9.69 Å². The summed E-state index contributed by atoms with van der Waals surface area (Å²) in [6, 6.07) is 18.9. The third kappa shape index (κ3) is 4.90. The average Bonchev–Trinajstić information content (AvgIpc) is 3.22. The highest BCUT2D eigenvalue weighted by molar-refractivity contribution is 9.10. The number of benzene rings is 2. The van der Waals surface area contributed by atoms with Crippen molar-refractivity contribution >= 4 is 21.8 Å². The fourth-order valence-corrected chi connectivity index (χ4v) is 4.90. The summed E-state index contributed by atoms with van der Waals surface area (Å²) in [7, 11) is 0. The number of carbonyl (C=O) groups excluding carboxylic acids is 1. The normalized spacial score (nSPS) is 21.8. The average molecular weight is 457 g/mol. The molecular formula is C24H29BrN2O2. The van der Waals surface area contributed by atoms with Crippen molar-refractivity contribution in [3.63, 3.8) is 0 Å². The summed E-state index contributed by atoms with van der Waals surface area (Å²) >= 11 is 3.53. The van der Waals surface area contributed by atoms with E-state index in [-0.39, 0.29) is 17.4 Å². The fourth-order valence-electron chi connectivity index (χ4n) is 4.64. The molecule has 2 fully saturated rings. The molecule has 1 N–H and O–H groups in total. The molecule has 4 rings (SSSR count). The minimum absolute atomic E-state index is 0.0305. The molecule has 2 saturated heterocycles. The predicted molar refractivity (Wildman–Crippen MR) is 119 cm³/mol. The van der Waals surface area contributed by atoms with Crippen LogP contribution in [0.3, 0.4) is 0 Å². The third-order valence-corrected chi connectivity index (χ3v) is 6.93. The standard InChI is InChI=1S/C24H29BrN2O2/c25-21-10-8-20(9-11-21)24(12-15-29-16-13-24)18-26-23(28)22-7-4-14-27(22)17-19-5-2-1-3-6-19/h1-3,5-6,8-11,22H,4,7,12-18H2,(H,26,28). The van der Waals surface area contributed by atoms with Crippen LogP contribution in [0.1, 0.15) is 36.8 Å². The predicted octanol–water partition coefficient (Wildman–Crippen LogP) is 4.28. The molecule has 5 heteroatoms. The minimum Gasteiger partial charge on any atom is -0.381 e. The largest absolute Gasteiger partial charge is 0.381 e. The van der Waals surface area contributed by atoms with Crippen molar-refractivity contribution < 1.29 is 9.53 Å². The monoisotopic (exact) mass is 456 g/mol. The highest BCUT2D eigenvalue weighted by Gasteiger charge is 2.37. The van der Waals surface area contributed by atoms with Crippen LogP contribution in [0.25, 0.3) is 0 Å². The third-order valence-electron chi connectivity index (χ3n) is 6.40. The van der Waals surface area contributed by atoms with E-state index in [9.17, 15) is 4.79 Å². The van der Waals surface area contributed by atoms with Crippen molar-refractivity contribution in [1.29, 1.82) is 0 Å². The maximum Gasteiger partial charge on any atom is 0.237 e. The first-order valence-electron chi connectivity index (χ1n) is 10.6. The van der Waals surface area contributed by atoms with E-state index in [1.54, 1.807) is 0 Å². The van der Waals surface area contributed by atoms with Crippen LogP contribution in [-0.4, -0.2) is 43.2 Å². The molecule has 4 nitrogen and oxygen atoms in total. The van der Waals surface area contributed by atoms with E-state index in [1.165, 1.54) is 11.1 Å². The van der Waals surface area contributed by atoms with Gasteiger partial charge >= 0.3 is 0 Å². The van der Waals surface area contributed by atoms with Crippen molar-refractivity contribution in [2.45, 2.75) is 43.7 Å². The van der Waals surface area contributed by atoms with Crippen LogP contribution in [0.5, 0.6) is 0 Å². The van der Waals surface area contributed by atoms with Crippen LogP contribution < -0.4 is 5.32 Å². The zero-order valence-electron chi connectivity index (χ0n) is 16.8. The number of hydrogen-bond donors (Lipinski definition) is 1. The van der Waals surface area contributed by atoms with Crippen LogP contribution in [0, 0.1) is 0 Å². The van der Waals surface area contributed by atoms with Crippen LogP contribution in [0.4, 0.5) is 0 Å². The van der Waals surface area contributed by atoms with E-state index in [4.69, 9.17) is 4.74 Å². The van der Waals surface area contributed by atoms with Gasteiger partial charge in [0.05, 0.1) is 6.04 Å². The van der Waals surface area contributed by atoms with E-state index in [1.807, 2.05) is 6.07 Å². The van der Waals surface area contributed by atoms with E-state index in [0.717, 1.165) is 56.5 Å². The van der Waals surface area contributed by atoms with Gasteiger partial charge < -0.3 is 10.1 Å². The molecule has 2 aromatic carbocycles. The first kappa shape index (κ1) is 20.6. The molecule has 0 aromatic heterocycles. The van der Waals surface area contributed by atoms with Gasteiger partial charge in [0.2, 0.25) is 5.91 Å². The molecule has 0 radical (unpaired) electrons. The summed E-state index contributed by atoms with van der Waals surface area (Å²) in [4.78, 5) is 15.4. The van der Waals surface area contributed by atoms with Crippen molar-refractivity contribution in [3.05, 3.63) is 70.2 Å². The van der Waals surface area contributed by atoms with Crippen molar-refractivity contribution in [2.75, 3.05) is 26.3 Å². The van der Waals surface area contributed by atoms with Gasteiger partial charge in [-0.15, -0.1) is 0 Å². The first-order chi connectivity index (χ1) is 14.2. The first-order valence-corrected chi connectivity index (χ1v) is 11.4. The lowest BCUT2D eigenvalue weighted by Gasteiger charge is -2.38. The Hall–Kier alpha value is -1.69. The van der Waals surface area contributed by atoms with E-state index in [0.29, 0.717) is 6.54 Å². The number of nitrogens with zero attached hydrogens (tertiary/aromatic N) is 1. The highest BCUT2D eigenvalue weighted by Crippen LogP contribution is 2.35. The highest BCUT2D eigenvalue weighted by atomic mass is 79.9. The molecule has 2 aromatic rings. The number of amides is 1. The Balaban J connectivity index is 1.43. The second-order valence-electron chi connectivity index (χ2n) is 8.23. The number of nitrogens with one attached hydrogen (secondary N) is 1. The number of likely N-dealkylation sites (tertiary alicyclic amines) is 1. The number of ether oxygens (including phenoxy) is 1. The Morgan fingerprint density at radius 1 is 1.10 bits per heavy atom. The lowest BCUT2D eigenvalue weighted by molar-refractivity contribution is -0.126. The molecule has 0 bridgehead atoms. The number of carbonyl (C=O) groups is 1. The summed E-state index contributed by atoms with van der Waals surface area (Å²) in [5.74, 6) is 0.168. The molecule has 2 heterocycles. The Morgan fingerprint density at radius 3 is 2.55 bits per heavy atom. The zero-order valence-corrected chi connectivity index (χ0v) is 18.4. The smallest absolute Gasteiger partial charge is 0.237 e. The lowest BCUT2D eigenvalue weighted by Crippen LogP contribution is -2.49. The Labute approximate surface area is 181 Å². The van der Waals surface area contributed by atoms with Crippen LogP contribution in [0.2, 0.25) is 0 Å². The van der Waals surface area contributed by atoms with Gasteiger partial charge in [0.1, 0.15) is 0 Å². The maximum absolute atomic E-state index is 13.1. The van der Waals surface area contributed by atoms with Gasteiger partial charge in [0.25, 0.3) is 0 Å². The molecule has 0 spiro atoms. The molecule has 2 aliphatic heterocycles. The summed E-state index contributed by atoms with van der Waals surface area (Å²) in [6.07, 6.45) is 3.89. The Morgan fingerprint density at radius 2 is 1.83 bits per heavy atom. The molecule has 1 amide bonds. The molecule has 1 atom stereocenters. The molecule has 1 unspecified atom stereocenters. The second kappa shape index (κ2) is 9.41. The quantitative estimate of drug-likeness (QED) is 0.704.